The summed E-state index contributed by atoms with van der Waals surface area (Å²) in [4.78, 5) is 2.18. The molecule has 1 saturated carbocycles. The van der Waals surface area contributed by atoms with E-state index in [1.165, 1.54) is 25.0 Å². The van der Waals surface area contributed by atoms with Crippen LogP contribution in [-0.4, -0.2) is 47.6 Å². The van der Waals surface area contributed by atoms with Crippen LogP contribution in [-0.2, 0) is 13.1 Å². The van der Waals surface area contributed by atoms with Crippen molar-refractivity contribution in [3.8, 4) is 0 Å². The van der Waals surface area contributed by atoms with Crippen LogP contribution in [0.1, 0.15) is 36.6 Å². The zero-order chi connectivity index (χ0) is 12.3. The van der Waals surface area contributed by atoms with E-state index >= 15 is 0 Å². The van der Waals surface area contributed by atoms with Crippen LogP contribution in [0.5, 0.6) is 0 Å². The van der Waals surface area contributed by atoms with E-state index in [1.807, 2.05) is 7.05 Å². The first kappa shape index (κ1) is 12.5. The maximum absolute atomic E-state index is 4.32. The smallest absolute Gasteiger partial charge is 0.0999 e. The molecule has 1 aliphatic carbocycles. The van der Waals surface area contributed by atoms with Crippen molar-refractivity contribution in [1.29, 1.82) is 0 Å². The second-order valence-corrected chi connectivity index (χ2v) is 5.11. The van der Waals surface area contributed by atoms with Gasteiger partial charge in [0.1, 0.15) is 0 Å². The molecule has 1 aromatic rings. The molecule has 0 aliphatic heterocycles. The van der Waals surface area contributed by atoms with E-state index in [-0.39, 0.29) is 0 Å². The van der Waals surface area contributed by atoms with Gasteiger partial charge in [-0.2, -0.15) is 0 Å². The molecule has 0 bridgehead atoms. The average Bonchev–Trinajstić information content (AvgIpc) is 2.58. The quantitative estimate of drug-likeness (QED) is 0.796. The van der Waals surface area contributed by atoms with Crippen molar-refractivity contribution in [2.45, 2.75) is 38.3 Å². The highest BCUT2D eigenvalue weighted by molar-refractivity contribution is 5.18. The summed E-state index contributed by atoms with van der Waals surface area (Å²) in [6.45, 7) is 2.78. The molecule has 2 rings (SSSR count). The standard InChI is InChI=1S/C12H23N5/c1-13-9-11-12(10-5-4-6-10)17(15-14-11)8-7-16(2)3/h10,13H,4-9H2,1-3H3. The Kier molecular flexibility index (Phi) is 4.12. The lowest BCUT2D eigenvalue weighted by Gasteiger charge is -2.27. The summed E-state index contributed by atoms with van der Waals surface area (Å²) in [5.74, 6) is 0.690. The summed E-state index contributed by atoms with van der Waals surface area (Å²) in [5.41, 5.74) is 2.50. The minimum Gasteiger partial charge on any atom is -0.314 e. The Morgan fingerprint density at radius 2 is 2.18 bits per heavy atom. The van der Waals surface area contributed by atoms with Crippen molar-refractivity contribution < 1.29 is 0 Å². The Morgan fingerprint density at radius 1 is 1.41 bits per heavy atom. The molecule has 1 fully saturated rings. The van der Waals surface area contributed by atoms with Gasteiger partial charge in [0.25, 0.3) is 0 Å². The van der Waals surface area contributed by atoms with Gasteiger partial charge in [0.2, 0.25) is 0 Å². The summed E-state index contributed by atoms with van der Waals surface area (Å²) in [6.07, 6.45) is 3.95. The lowest BCUT2D eigenvalue weighted by molar-refractivity contribution is 0.343. The monoisotopic (exact) mass is 237 g/mol. The van der Waals surface area contributed by atoms with E-state index in [1.54, 1.807) is 0 Å². The summed E-state index contributed by atoms with van der Waals surface area (Å²) in [6, 6.07) is 0. The van der Waals surface area contributed by atoms with Gasteiger partial charge < -0.3 is 10.2 Å². The third-order valence-electron chi connectivity index (χ3n) is 3.44. The molecule has 1 aromatic heterocycles. The van der Waals surface area contributed by atoms with Gasteiger partial charge in [0.15, 0.2) is 0 Å². The number of nitrogens with one attached hydrogen (secondary N) is 1. The van der Waals surface area contributed by atoms with Crippen LogP contribution in [0, 0.1) is 0 Å². The molecule has 0 saturated heterocycles. The van der Waals surface area contributed by atoms with E-state index in [0.717, 1.165) is 25.3 Å². The first-order valence-corrected chi connectivity index (χ1v) is 6.44. The Balaban J connectivity index is 2.12. The number of nitrogens with zero attached hydrogens (tertiary/aromatic N) is 4. The van der Waals surface area contributed by atoms with Gasteiger partial charge in [-0.3, -0.25) is 0 Å². The molecule has 17 heavy (non-hydrogen) atoms. The molecule has 0 unspecified atom stereocenters. The Bertz CT molecular complexity index is 354. The van der Waals surface area contributed by atoms with Gasteiger partial charge in [-0.1, -0.05) is 11.6 Å². The zero-order valence-electron chi connectivity index (χ0n) is 11.1. The lowest BCUT2D eigenvalue weighted by atomic mass is 9.82. The predicted molar refractivity (Wildman–Crippen MR) is 67.9 cm³/mol. The highest BCUT2D eigenvalue weighted by atomic mass is 15.4. The topological polar surface area (TPSA) is 46.0 Å². The van der Waals surface area contributed by atoms with Crippen LogP contribution in [0.15, 0.2) is 0 Å². The Morgan fingerprint density at radius 3 is 2.71 bits per heavy atom. The highest BCUT2D eigenvalue weighted by Gasteiger charge is 2.27. The molecule has 0 amide bonds. The lowest BCUT2D eigenvalue weighted by Crippen LogP contribution is -2.23. The molecule has 5 nitrogen and oxygen atoms in total. The van der Waals surface area contributed by atoms with Crippen LogP contribution < -0.4 is 5.32 Å². The molecule has 0 radical (unpaired) electrons. The molecule has 1 N–H and O–H groups in total. The number of aromatic nitrogens is 3. The number of hydrogen-bond donors (Lipinski definition) is 1. The van der Waals surface area contributed by atoms with Gasteiger partial charge in [0.05, 0.1) is 17.9 Å². The second-order valence-electron chi connectivity index (χ2n) is 5.11. The number of hydrogen-bond acceptors (Lipinski definition) is 4. The molecule has 1 heterocycles. The molecular formula is C12H23N5. The third-order valence-corrected chi connectivity index (χ3v) is 3.44. The van der Waals surface area contributed by atoms with Gasteiger partial charge in [0, 0.05) is 19.0 Å². The molecule has 1 aliphatic rings. The first-order chi connectivity index (χ1) is 8.22. The largest absolute Gasteiger partial charge is 0.314 e. The molecule has 0 aromatic carbocycles. The summed E-state index contributed by atoms with van der Waals surface area (Å²) >= 11 is 0. The van der Waals surface area contributed by atoms with E-state index in [2.05, 4.69) is 39.3 Å². The van der Waals surface area contributed by atoms with Gasteiger partial charge in [-0.15, -0.1) is 5.10 Å². The fourth-order valence-corrected chi connectivity index (χ4v) is 2.24. The van der Waals surface area contributed by atoms with Crippen LogP contribution >= 0.6 is 0 Å². The van der Waals surface area contributed by atoms with E-state index in [4.69, 9.17) is 0 Å². The number of likely N-dealkylation sites (N-methyl/N-ethyl adjacent to an activating group) is 1. The third kappa shape index (κ3) is 2.84. The van der Waals surface area contributed by atoms with Crippen molar-refractivity contribution >= 4 is 0 Å². The molecule has 96 valence electrons. The van der Waals surface area contributed by atoms with Crippen LogP contribution in [0.3, 0.4) is 0 Å². The fraction of sp³-hybridized carbons (Fsp3) is 0.833. The number of rotatable bonds is 6. The van der Waals surface area contributed by atoms with Crippen LogP contribution in [0.4, 0.5) is 0 Å². The van der Waals surface area contributed by atoms with Gasteiger partial charge in [-0.25, -0.2) is 4.68 Å². The van der Waals surface area contributed by atoms with Gasteiger partial charge >= 0.3 is 0 Å². The summed E-state index contributed by atoms with van der Waals surface area (Å²) in [7, 11) is 6.15. The molecule has 0 atom stereocenters. The Labute approximate surface area is 103 Å². The summed E-state index contributed by atoms with van der Waals surface area (Å²) in [5, 5.41) is 11.8. The van der Waals surface area contributed by atoms with Crippen LogP contribution in [0.25, 0.3) is 0 Å². The normalized spacial score (nSPS) is 16.5. The van der Waals surface area contributed by atoms with Gasteiger partial charge in [-0.05, 0) is 34.0 Å². The van der Waals surface area contributed by atoms with E-state index < -0.39 is 0 Å². The van der Waals surface area contributed by atoms with Crippen LogP contribution in [0.2, 0.25) is 0 Å². The molecular weight excluding hydrogens is 214 g/mol. The molecule has 5 heteroatoms. The van der Waals surface area contributed by atoms with Crippen molar-refractivity contribution in [2.75, 3.05) is 27.7 Å². The van der Waals surface area contributed by atoms with Crippen molar-refractivity contribution in [2.24, 2.45) is 0 Å². The van der Waals surface area contributed by atoms with Crippen molar-refractivity contribution in [1.82, 2.24) is 25.2 Å². The van der Waals surface area contributed by atoms with Crippen molar-refractivity contribution in [3.63, 3.8) is 0 Å². The maximum atomic E-state index is 4.32. The van der Waals surface area contributed by atoms with Crippen molar-refractivity contribution in [3.05, 3.63) is 11.4 Å². The fourth-order valence-electron chi connectivity index (χ4n) is 2.24. The Hall–Kier alpha value is -0.940. The minimum atomic E-state index is 0.690. The SMILES string of the molecule is CNCc1nnn(CCN(C)C)c1C1CCC1. The van der Waals surface area contributed by atoms with E-state index in [9.17, 15) is 0 Å². The molecule has 0 spiro atoms. The average molecular weight is 237 g/mol. The second kappa shape index (κ2) is 5.60. The van der Waals surface area contributed by atoms with E-state index in [0.29, 0.717) is 5.92 Å². The zero-order valence-corrected chi connectivity index (χ0v) is 11.1. The predicted octanol–water partition coefficient (Wildman–Crippen LogP) is 0.827. The summed E-state index contributed by atoms with van der Waals surface area (Å²) < 4.78 is 2.11. The highest BCUT2D eigenvalue weighted by Crippen LogP contribution is 2.37. The first-order valence-electron chi connectivity index (χ1n) is 6.44. The maximum Gasteiger partial charge on any atom is 0.0999 e. The minimum absolute atomic E-state index is 0.690.